The van der Waals surface area contributed by atoms with E-state index in [0.29, 0.717) is 0 Å². The summed E-state index contributed by atoms with van der Waals surface area (Å²) in [5.41, 5.74) is 4.09. The van der Waals surface area contributed by atoms with E-state index >= 15 is 0 Å². The third-order valence-electron chi connectivity index (χ3n) is 1.13. The molecule has 0 saturated carbocycles. The molecule has 0 aromatic heterocycles. The van der Waals surface area contributed by atoms with Crippen molar-refractivity contribution < 1.29 is 0 Å². The topological polar surface area (TPSA) is 0 Å². The van der Waals surface area contributed by atoms with Gasteiger partial charge >= 0.3 is 0 Å². The Kier molecular flexibility index (Phi) is 1.14. The summed E-state index contributed by atoms with van der Waals surface area (Å²) in [4.78, 5) is 0. The Morgan fingerprint density at radius 3 is 2.86 bits per heavy atom. The number of rotatable bonds is 0. The van der Waals surface area contributed by atoms with E-state index in [0.717, 1.165) is 6.42 Å². The molecule has 1 rings (SSSR count). The molecule has 7 heavy (non-hydrogen) atoms. The summed E-state index contributed by atoms with van der Waals surface area (Å²) in [5.74, 6) is 0. The molecule has 0 unspecified atom stereocenters. The maximum absolute atomic E-state index is 3.53. The van der Waals surface area contributed by atoms with Crippen LogP contribution in [0.25, 0.3) is 0 Å². The van der Waals surface area contributed by atoms with E-state index in [9.17, 15) is 0 Å². The fraction of sp³-hybridized carbons (Fsp3) is 0.286. The molecule has 0 aromatic carbocycles. The van der Waals surface area contributed by atoms with Gasteiger partial charge in [-0.2, -0.15) is 0 Å². The van der Waals surface area contributed by atoms with Crippen LogP contribution in [0.5, 0.6) is 0 Å². The molecular formula is C7H8. The molecular weight excluding hydrogens is 84.1 g/mol. The Morgan fingerprint density at radius 1 is 1.71 bits per heavy atom. The van der Waals surface area contributed by atoms with Crippen LogP contribution in [0.2, 0.25) is 0 Å². The predicted octanol–water partition coefficient (Wildman–Crippen LogP) is 2.05. The molecule has 1 aliphatic rings. The zero-order valence-corrected chi connectivity index (χ0v) is 4.28. The summed E-state index contributed by atoms with van der Waals surface area (Å²) >= 11 is 0. The first kappa shape index (κ1) is 4.42. The van der Waals surface area contributed by atoms with Gasteiger partial charge in [0.05, 0.1) is 0 Å². The molecule has 0 spiro atoms. The average molecular weight is 92.1 g/mol. The summed E-state index contributed by atoms with van der Waals surface area (Å²) in [7, 11) is 0. The van der Waals surface area contributed by atoms with Crippen molar-refractivity contribution in [3.63, 3.8) is 0 Å². The Balaban J connectivity index is 2.77. The van der Waals surface area contributed by atoms with Gasteiger partial charge in [0, 0.05) is 0 Å². The van der Waals surface area contributed by atoms with E-state index in [1.54, 1.807) is 0 Å². The summed E-state index contributed by atoms with van der Waals surface area (Å²) in [6, 6.07) is 0. The number of hydrogen-bond donors (Lipinski definition) is 0. The van der Waals surface area contributed by atoms with Gasteiger partial charge in [-0.05, 0) is 18.4 Å². The zero-order valence-electron chi connectivity index (χ0n) is 4.28. The highest BCUT2D eigenvalue weighted by atomic mass is 14.0. The maximum atomic E-state index is 3.53. The van der Waals surface area contributed by atoms with Gasteiger partial charge in [0.25, 0.3) is 0 Å². The minimum atomic E-state index is 1.14. The van der Waals surface area contributed by atoms with Crippen LogP contribution in [-0.2, 0) is 0 Å². The van der Waals surface area contributed by atoms with Crippen LogP contribution in [0.15, 0.2) is 30.0 Å². The van der Waals surface area contributed by atoms with Gasteiger partial charge in [0.2, 0.25) is 0 Å². The highest BCUT2D eigenvalue weighted by Crippen LogP contribution is 2.12. The SMILES string of the molecule is C=C=C1C=CCC1. The van der Waals surface area contributed by atoms with Crippen molar-refractivity contribution in [1.82, 2.24) is 0 Å². The first-order valence-electron chi connectivity index (χ1n) is 2.49. The summed E-state index contributed by atoms with van der Waals surface area (Å²) < 4.78 is 0. The Bertz CT molecular complexity index is 134. The Morgan fingerprint density at radius 2 is 2.57 bits per heavy atom. The van der Waals surface area contributed by atoms with Crippen LogP contribution in [0.4, 0.5) is 0 Å². The van der Waals surface area contributed by atoms with Crippen molar-refractivity contribution in [2.75, 3.05) is 0 Å². The predicted molar refractivity (Wildman–Crippen MR) is 31.0 cm³/mol. The molecule has 0 N–H and O–H groups in total. The zero-order chi connectivity index (χ0) is 5.11. The van der Waals surface area contributed by atoms with Crippen LogP contribution >= 0.6 is 0 Å². The van der Waals surface area contributed by atoms with Crippen LogP contribution < -0.4 is 0 Å². The van der Waals surface area contributed by atoms with E-state index in [1.165, 1.54) is 12.0 Å². The normalized spacial score (nSPS) is 17.4. The molecule has 0 saturated heterocycles. The first-order chi connectivity index (χ1) is 3.43. The van der Waals surface area contributed by atoms with Gasteiger partial charge in [0.1, 0.15) is 0 Å². The minimum absolute atomic E-state index is 1.14. The molecule has 0 heteroatoms. The van der Waals surface area contributed by atoms with Gasteiger partial charge < -0.3 is 0 Å². The van der Waals surface area contributed by atoms with Crippen LogP contribution in [-0.4, -0.2) is 0 Å². The quantitative estimate of drug-likeness (QED) is 0.401. The van der Waals surface area contributed by atoms with Crippen LogP contribution in [0, 0.1) is 0 Å². The van der Waals surface area contributed by atoms with Crippen molar-refractivity contribution in [2.45, 2.75) is 12.8 Å². The van der Waals surface area contributed by atoms with Crippen molar-refractivity contribution in [1.29, 1.82) is 0 Å². The largest absolute Gasteiger partial charge is 0.125 e. The Hall–Kier alpha value is -0.740. The molecule has 0 fully saturated rings. The van der Waals surface area contributed by atoms with Gasteiger partial charge in [-0.3, -0.25) is 0 Å². The van der Waals surface area contributed by atoms with E-state index < -0.39 is 0 Å². The average Bonchev–Trinajstić information content (AvgIpc) is 2.14. The molecule has 0 atom stereocenters. The van der Waals surface area contributed by atoms with E-state index in [4.69, 9.17) is 0 Å². The van der Waals surface area contributed by atoms with Crippen LogP contribution in [0.3, 0.4) is 0 Å². The molecule has 0 aromatic rings. The third-order valence-corrected chi connectivity index (χ3v) is 1.13. The van der Waals surface area contributed by atoms with Gasteiger partial charge in [-0.1, -0.05) is 18.7 Å². The van der Waals surface area contributed by atoms with Gasteiger partial charge in [0.15, 0.2) is 0 Å². The Labute approximate surface area is 43.9 Å². The third kappa shape index (κ3) is 0.819. The van der Waals surface area contributed by atoms with Crippen LogP contribution in [0.1, 0.15) is 12.8 Å². The second-order valence-electron chi connectivity index (χ2n) is 1.64. The molecule has 1 aliphatic carbocycles. The summed E-state index contributed by atoms with van der Waals surface area (Å²) in [6.45, 7) is 3.53. The summed E-state index contributed by atoms with van der Waals surface area (Å²) in [5, 5.41) is 0. The van der Waals surface area contributed by atoms with E-state index in [-0.39, 0.29) is 0 Å². The van der Waals surface area contributed by atoms with Crippen molar-refractivity contribution in [3.8, 4) is 0 Å². The number of allylic oxidation sites excluding steroid dienone is 3. The molecule has 36 valence electrons. The fourth-order valence-electron chi connectivity index (χ4n) is 0.695. The fourth-order valence-corrected chi connectivity index (χ4v) is 0.695. The standard InChI is InChI=1S/C7H8/c1-2-7-5-3-4-6-7/h3,5H,1,4,6H2. The molecule has 0 nitrogen and oxygen atoms in total. The highest BCUT2D eigenvalue weighted by molar-refractivity contribution is 5.22. The highest BCUT2D eigenvalue weighted by Gasteiger charge is 1.94. The first-order valence-corrected chi connectivity index (χ1v) is 2.49. The summed E-state index contributed by atoms with van der Waals surface area (Å²) in [6.07, 6.45) is 6.54. The monoisotopic (exact) mass is 92.1 g/mol. The number of hydrogen-bond acceptors (Lipinski definition) is 0. The van der Waals surface area contributed by atoms with E-state index in [1.807, 2.05) is 0 Å². The second kappa shape index (κ2) is 1.81. The molecule has 0 bridgehead atoms. The lowest BCUT2D eigenvalue weighted by atomic mass is 10.3. The molecule has 0 radical (unpaired) electrons. The lowest BCUT2D eigenvalue weighted by Gasteiger charge is -1.79. The van der Waals surface area contributed by atoms with Crippen molar-refractivity contribution in [3.05, 3.63) is 30.0 Å². The lowest BCUT2D eigenvalue weighted by Crippen LogP contribution is -1.61. The minimum Gasteiger partial charge on any atom is -0.125 e. The molecule has 0 amide bonds. The van der Waals surface area contributed by atoms with Gasteiger partial charge in [-0.15, -0.1) is 5.73 Å². The lowest BCUT2D eigenvalue weighted by molar-refractivity contribution is 1.07. The maximum Gasteiger partial charge on any atom is -0.00667 e. The van der Waals surface area contributed by atoms with E-state index in [2.05, 4.69) is 24.5 Å². The second-order valence-corrected chi connectivity index (χ2v) is 1.64. The smallest absolute Gasteiger partial charge is 0.00667 e. The van der Waals surface area contributed by atoms with Crippen molar-refractivity contribution in [2.24, 2.45) is 0 Å². The molecule has 0 heterocycles. The van der Waals surface area contributed by atoms with Crippen molar-refractivity contribution >= 4 is 0 Å². The molecule has 0 aliphatic heterocycles. The van der Waals surface area contributed by atoms with Gasteiger partial charge in [-0.25, -0.2) is 0 Å².